The number of hydrogen-bond donors (Lipinski definition) is 2. The Hall–Kier alpha value is -4.37. The van der Waals surface area contributed by atoms with E-state index in [1.54, 1.807) is 18.2 Å². The molecule has 1 heterocycles. The molecular weight excluding hydrogens is 406 g/mol. The Labute approximate surface area is 193 Å². The molecule has 5 rings (SSSR count). The first kappa shape index (κ1) is 20.5. The molecule has 0 aliphatic carbocycles. The first-order valence-corrected chi connectivity index (χ1v) is 10.8. The average molecular weight is 430 g/mol. The first-order chi connectivity index (χ1) is 16.1. The molecule has 2 N–H and O–H groups in total. The minimum atomic E-state index is 0.194. The van der Waals surface area contributed by atoms with E-state index in [1.807, 2.05) is 60.7 Å². The third-order valence-electron chi connectivity index (χ3n) is 5.76. The van der Waals surface area contributed by atoms with Gasteiger partial charge in [-0.1, -0.05) is 78.4 Å². The highest BCUT2D eigenvalue weighted by molar-refractivity contribution is 5.80. The van der Waals surface area contributed by atoms with Crippen LogP contribution in [0.5, 0.6) is 11.5 Å². The van der Waals surface area contributed by atoms with Crippen LogP contribution in [0.3, 0.4) is 0 Å². The standard InChI is InChI=1S/C30H23NO2/c1-20-13-15-21(16-14-20)24-18-27(31-28(19-24)26-10-3-5-12-30(26)33)23-8-6-7-22(17-23)25-9-2-4-11-29(25)32/h2-19,32-33H,1H3. The zero-order chi connectivity index (χ0) is 22.8. The predicted octanol–water partition coefficient (Wildman–Crippen LogP) is 7.47. The summed E-state index contributed by atoms with van der Waals surface area (Å²) in [5, 5.41) is 20.8. The molecule has 0 unspecified atom stereocenters. The molecular formula is C30H23NO2. The van der Waals surface area contributed by atoms with Gasteiger partial charge in [-0.2, -0.15) is 0 Å². The van der Waals surface area contributed by atoms with E-state index in [9.17, 15) is 10.2 Å². The summed E-state index contributed by atoms with van der Waals surface area (Å²) in [6.45, 7) is 2.07. The molecule has 5 aromatic rings. The number of phenols is 2. The van der Waals surface area contributed by atoms with Crippen molar-refractivity contribution in [2.24, 2.45) is 0 Å². The van der Waals surface area contributed by atoms with Crippen LogP contribution in [0.25, 0.3) is 44.8 Å². The van der Waals surface area contributed by atoms with Crippen molar-refractivity contribution in [3.8, 4) is 56.3 Å². The Morgan fingerprint density at radius 1 is 0.485 bits per heavy atom. The van der Waals surface area contributed by atoms with Crippen LogP contribution < -0.4 is 0 Å². The third kappa shape index (κ3) is 4.21. The number of para-hydroxylation sites is 2. The van der Waals surface area contributed by atoms with Crippen molar-refractivity contribution in [1.29, 1.82) is 0 Å². The molecule has 0 bridgehead atoms. The van der Waals surface area contributed by atoms with E-state index in [4.69, 9.17) is 4.98 Å². The van der Waals surface area contributed by atoms with E-state index in [1.165, 1.54) is 5.56 Å². The van der Waals surface area contributed by atoms with Crippen LogP contribution in [0.15, 0.2) is 109 Å². The summed E-state index contributed by atoms with van der Waals surface area (Å²) in [4.78, 5) is 4.91. The van der Waals surface area contributed by atoms with Crippen LogP contribution >= 0.6 is 0 Å². The molecule has 0 aliphatic heterocycles. The van der Waals surface area contributed by atoms with Gasteiger partial charge in [-0.25, -0.2) is 4.98 Å². The summed E-state index contributed by atoms with van der Waals surface area (Å²) in [6, 6.07) is 35.0. The highest BCUT2D eigenvalue weighted by Crippen LogP contribution is 2.36. The van der Waals surface area contributed by atoms with Gasteiger partial charge in [0.25, 0.3) is 0 Å². The topological polar surface area (TPSA) is 53.4 Å². The maximum Gasteiger partial charge on any atom is 0.124 e. The van der Waals surface area contributed by atoms with Gasteiger partial charge in [0, 0.05) is 16.7 Å². The van der Waals surface area contributed by atoms with Gasteiger partial charge in [0.2, 0.25) is 0 Å². The second-order valence-corrected chi connectivity index (χ2v) is 8.11. The van der Waals surface area contributed by atoms with Crippen LogP contribution in [-0.4, -0.2) is 15.2 Å². The van der Waals surface area contributed by atoms with Crippen molar-refractivity contribution >= 4 is 0 Å². The molecule has 33 heavy (non-hydrogen) atoms. The van der Waals surface area contributed by atoms with Crippen LogP contribution in [0.2, 0.25) is 0 Å². The summed E-state index contributed by atoms with van der Waals surface area (Å²) >= 11 is 0. The van der Waals surface area contributed by atoms with Gasteiger partial charge in [-0.15, -0.1) is 0 Å². The van der Waals surface area contributed by atoms with Crippen molar-refractivity contribution in [3.63, 3.8) is 0 Å². The fourth-order valence-electron chi connectivity index (χ4n) is 3.98. The first-order valence-electron chi connectivity index (χ1n) is 10.8. The molecule has 0 aliphatic rings. The largest absolute Gasteiger partial charge is 0.507 e. The van der Waals surface area contributed by atoms with Crippen molar-refractivity contribution < 1.29 is 10.2 Å². The Balaban J connectivity index is 1.69. The second-order valence-electron chi connectivity index (χ2n) is 8.11. The maximum atomic E-state index is 10.5. The van der Waals surface area contributed by atoms with Crippen LogP contribution in [0.1, 0.15) is 5.56 Å². The zero-order valence-electron chi connectivity index (χ0n) is 18.2. The number of phenolic OH excluding ortho intramolecular Hbond substituents is 2. The van der Waals surface area contributed by atoms with Gasteiger partial charge in [0.15, 0.2) is 0 Å². The van der Waals surface area contributed by atoms with Gasteiger partial charge in [0.1, 0.15) is 11.5 Å². The molecule has 0 spiro atoms. The minimum Gasteiger partial charge on any atom is -0.507 e. The van der Waals surface area contributed by atoms with Crippen molar-refractivity contribution in [2.75, 3.05) is 0 Å². The Morgan fingerprint density at radius 3 is 1.79 bits per heavy atom. The van der Waals surface area contributed by atoms with E-state index in [0.717, 1.165) is 33.5 Å². The summed E-state index contributed by atoms with van der Waals surface area (Å²) in [5.41, 5.74) is 8.10. The third-order valence-corrected chi connectivity index (χ3v) is 5.76. The van der Waals surface area contributed by atoms with E-state index in [-0.39, 0.29) is 11.5 Å². The average Bonchev–Trinajstić information content (AvgIpc) is 2.85. The molecule has 4 aromatic carbocycles. The second kappa shape index (κ2) is 8.64. The monoisotopic (exact) mass is 429 g/mol. The zero-order valence-corrected chi connectivity index (χ0v) is 18.2. The van der Waals surface area contributed by atoms with Crippen molar-refractivity contribution in [1.82, 2.24) is 4.98 Å². The van der Waals surface area contributed by atoms with E-state index in [2.05, 4.69) is 37.3 Å². The summed E-state index contributed by atoms with van der Waals surface area (Å²) in [7, 11) is 0. The number of rotatable bonds is 4. The molecule has 0 atom stereocenters. The minimum absolute atomic E-state index is 0.194. The lowest BCUT2D eigenvalue weighted by molar-refractivity contribution is 0.476. The number of aromatic nitrogens is 1. The Morgan fingerprint density at radius 2 is 1.09 bits per heavy atom. The van der Waals surface area contributed by atoms with Gasteiger partial charge in [-0.3, -0.25) is 0 Å². The van der Waals surface area contributed by atoms with Crippen LogP contribution in [0, 0.1) is 6.92 Å². The fraction of sp³-hybridized carbons (Fsp3) is 0.0333. The van der Waals surface area contributed by atoms with E-state index in [0.29, 0.717) is 11.3 Å². The number of benzene rings is 4. The van der Waals surface area contributed by atoms with Gasteiger partial charge in [0.05, 0.1) is 11.4 Å². The van der Waals surface area contributed by atoms with Gasteiger partial charge in [-0.05, 0) is 60.0 Å². The highest BCUT2D eigenvalue weighted by atomic mass is 16.3. The number of hydrogen-bond acceptors (Lipinski definition) is 3. The summed E-state index contributed by atoms with van der Waals surface area (Å²) in [5.74, 6) is 0.436. The number of pyridine rings is 1. The molecule has 3 heteroatoms. The Bertz CT molecular complexity index is 1440. The SMILES string of the molecule is Cc1ccc(-c2cc(-c3cccc(-c4ccccc4O)c3)nc(-c3ccccc3O)c2)cc1. The molecule has 0 radical (unpaired) electrons. The van der Waals surface area contributed by atoms with E-state index >= 15 is 0 Å². The number of aromatic hydroxyl groups is 2. The smallest absolute Gasteiger partial charge is 0.124 e. The van der Waals surface area contributed by atoms with Crippen molar-refractivity contribution in [2.45, 2.75) is 6.92 Å². The lowest BCUT2D eigenvalue weighted by Crippen LogP contribution is -1.92. The molecule has 0 amide bonds. The summed E-state index contributed by atoms with van der Waals surface area (Å²) in [6.07, 6.45) is 0. The summed E-state index contributed by atoms with van der Waals surface area (Å²) < 4.78 is 0. The van der Waals surface area contributed by atoms with Crippen molar-refractivity contribution in [3.05, 3.63) is 115 Å². The normalized spacial score (nSPS) is 10.8. The lowest BCUT2D eigenvalue weighted by atomic mass is 9.97. The molecule has 160 valence electrons. The quantitative estimate of drug-likeness (QED) is 0.311. The molecule has 1 aromatic heterocycles. The molecule has 0 saturated carbocycles. The number of aryl methyl sites for hydroxylation is 1. The lowest BCUT2D eigenvalue weighted by Gasteiger charge is -2.12. The van der Waals surface area contributed by atoms with Gasteiger partial charge < -0.3 is 10.2 Å². The van der Waals surface area contributed by atoms with E-state index < -0.39 is 0 Å². The fourth-order valence-corrected chi connectivity index (χ4v) is 3.98. The maximum absolute atomic E-state index is 10.5. The van der Waals surface area contributed by atoms with Crippen LogP contribution in [-0.2, 0) is 0 Å². The predicted molar refractivity (Wildman–Crippen MR) is 134 cm³/mol. The molecule has 0 saturated heterocycles. The Kier molecular flexibility index (Phi) is 5.37. The van der Waals surface area contributed by atoms with Gasteiger partial charge >= 0.3 is 0 Å². The van der Waals surface area contributed by atoms with Crippen LogP contribution in [0.4, 0.5) is 0 Å². The number of nitrogens with zero attached hydrogens (tertiary/aromatic N) is 1. The molecule has 3 nitrogen and oxygen atoms in total. The molecule has 0 fully saturated rings. The highest BCUT2D eigenvalue weighted by Gasteiger charge is 2.12.